The summed E-state index contributed by atoms with van der Waals surface area (Å²) < 4.78 is 53.2. The number of rotatable bonds is 6. The molecule has 6 nitrogen and oxygen atoms in total. The highest BCUT2D eigenvalue weighted by molar-refractivity contribution is 5.94. The molecule has 0 bridgehead atoms. The molecule has 1 amide bonds. The normalized spacial score (nSPS) is 16.0. The minimum atomic E-state index is -4.72. The Labute approximate surface area is 170 Å². The summed E-state index contributed by atoms with van der Waals surface area (Å²) in [6.07, 6.45) is -3.17. The molecule has 0 aliphatic carbocycles. The van der Waals surface area contributed by atoms with Crippen LogP contribution in [0.3, 0.4) is 0 Å². The summed E-state index contributed by atoms with van der Waals surface area (Å²) in [4.78, 5) is 14.3. The van der Waals surface area contributed by atoms with Crippen LogP contribution in [0.1, 0.15) is 28.8 Å². The number of nitrogens with one attached hydrogen (secondary N) is 1. The molecule has 1 saturated heterocycles. The molecule has 1 aliphatic heterocycles. The van der Waals surface area contributed by atoms with Crippen LogP contribution in [0.2, 0.25) is 0 Å². The number of carbonyl (C=O) groups is 1. The summed E-state index contributed by atoms with van der Waals surface area (Å²) in [5, 5.41) is 21.9. The number of piperidine rings is 1. The van der Waals surface area contributed by atoms with Crippen LogP contribution in [0, 0.1) is 11.7 Å². The molecule has 0 saturated carbocycles. The second kappa shape index (κ2) is 8.95. The van der Waals surface area contributed by atoms with Crippen molar-refractivity contribution < 1.29 is 32.6 Å². The summed E-state index contributed by atoms with van der Waals surface area (Å²) in [6, 6.07) is 4.63. The Kier molecular flexibility index (Phi) is 6.55. The average molecular weight is 429 g/mol. The molecule has 1 fully saturated rings. The van der Waals surface area contributed by atoms with E-state index in [1.807, 2.05) is 0 Å². The molecule has 10 heteroatoms. The van der Waals surface area contributed by atoms with E-state index in [1.54, 1.807) is 0 Å². The van der Waals surface area contributed by atoms with Gasteiger partial charge in [0.1, 0.15) is 5.82 Å². The lowest BCUT2D eigenvalue weighted by molar-refractivity contribution is -0.137. The molecule has 1 aromatic heterocycles. The van der Waals surface area contributed by atoms with E-state index in [1.165, 1.54) is 16.7 Å². The predicted molar refractivity (Wildman–Crippen MR) is 101 cm³/mol. The van der Waals surface area contributed by atoms with Crippen molar-refractivity contribution in [1.29, 1.82) is 0 Å². The van der Waals surface area contributed by atoms with Crippen LogP contribution in [-0.4, -0.2) is 51.8 Å². The van der Waals surface area contributed by atoms with Gasteiger partial charge in [-0.05, 0) is 50.0 Å². The Morgan fingerprint density at radius 3 is 2.30 bits per heavy atom. The summed E-state index contributed by atoms with van der Waals surface area (Å²) in [5.41, 5.74) is -1.55. The molecular weight excluding hydrogens is 406 g/mol. The lowest BCUT2D eigenvalue weighted by Gasteiger charge is -2.32. The third-order valence-electron chi connectivity index (χ3n) is 5.32. The van der Waals surface area contributed by atoms with Crippen LogP contribution in [-0.2, 0) is 12.7 Å². The molecule has 0 spiro atoms. The van der Waals surface area contributed by atoms with Crippen molar-refractivity contribution in [2.75, 3.05) is 26.2 Å². The fourth-order valence-corrected chi connectivity index (χ4v) is 3.55. The summed E-state index contributed by atoms with van der Waals surface area (Å²) in [5.74, 6) is -1.69. The number of aromatic hydroxyl groups is 2. The van der Waals surface area contributed by atoms with Gasteiger partial charge in [0.05, 0.1) is 5.56 Å². The van der Waals surface area contributed by atoms with E-state index >= 15 is 0 Å². The van der Waals surface area contributed by atoms with Gasteiger partial charge < -0.3 is 20.4 Å². The molecular formula is C20H23F4N3O3. The predicted octanol–water partition coefficient (Wildman–Crippen LogP) is 3.20. The summed E-state index contributed by atoms with van der Waals surface area (Å²) in [6.45, 7) is 2.87. The van der Waals surface area contributed by atoms with Crippen LogP contribution < -0.4 is 5.32 Å². The Balaban J connectivity index is 1.45. The number of benzene rings is 1. The standard InChI is InChI=1S/C20H23F4N3O3/c21-16-10-14(9-15(11-16)20(22,23)24)19(30)25-12-13-3-5-26(6-4-13)7-8-27-17(28)1-2-18(27)29/h1-2,9-11,13,28-29H,3-8,12H2,(H,25,30). The Morgan fingerprint density at radius 2 is 1.70 bits per heavy atom. The first-order valence-corrected chi connectivity index (χ1v) is 9.59. The van der Waals surface area contributed by atoms with Crippen molar-refractivity contribution in [3.8, 4) is 11.8 Å². The molecule has 3 rings (SSSR count). The topological polar surface area (TPSA) is 77.7 Å². The van der Waals surface area contributed by atoms with Gasteiger partial charge in [0.25, 0.3) is 5.91 Å². The van der Waals surface area contributed by atoms with Gasteiger partial charge in [0, 0.05) is 37.3 Å². The third-order valence-corrected chi connectivity index (χ3v) is 5.32. The first kappa shape index (κ1) is 21.9. The van der Waals surface area contributed by atoms with Gasteiger partial charge in [-0.25, -0.2) is 4.39 Å². The van der Waals surface area contributed by atoms with Gasteiger partial charge >= 0.3 is 6.18 Å². The molecule has 2 heterocycles. The first-order valence-electron chi connectivity index (χ1n) is 9.59. The van der Waals surface area contributed by atoms with E-state index in [2.05, 4.69) is 10.2 Å². The largest absolute Gasteiger partial charge is 0.494 e. The molecule has 0 unspecified atom stereocenters. The smallest absolute Gasteiger partial charge is 0.416 e. The van der Waals surface area contributed by atoms with Crippen LogP contribution in [0.25, 0.3) is 0 Å². The van der Waals surface area contributed by atoms with Crippen molar-refractivity contribution in [3.63, 3.8) is 0 Å². The number of aromatic nitrogens is 1. The van der Waals surface area contributed by atoms with Gasteiger partial charge in [-0.3, -0.25) is 9.36 Å². The van der Waals surface area contributed by atoms with Crippen molar-refractivity contribution in [2.24, 2.45) is 5.92 Å². The average Bonchev–Trinajstić information content (AvgIpc) is 3.01. The SMILES string of the molecule is O=C(NCC1CCN(CCn2c(O)ccc2O)CC1)c1cc(F)cc(C(F)(F)F)c1. The zero-order valence-electron chi connectivity index (χ0n) is 16.1. The highest BCUT2D eigenvalue weighted by atomic mass is 19.4. The lowest BCUT2D eigenvalue weighted by atomic mass is 9.96. The van der Waals surface area contributed by atoms with Gasteiger partial charge in [-0.2, -0.15) is 13.2 Å². The van der Waals surface area contributed by atoms with Gasteiger partial charge in [0.2, 0.25) is 0 Å². The minimum absolute atomic E-state index is 0.00359. The number of amides is 1. The lowest BCUT2D eigenvalue weighted by Crippen LogP contribution is -2.39. The molecule has 3 N–H and O–H groups in total. The molecule has 0 atom stereocenters. The van der Waals surface area contributed by atoms with E-state index in [9.17, 15) is 32.6 Å². The Morgan fingerprint density at radius 1 is 1.07 bits per heavy atom. The fourth-order valence-electron chi connectivity index (χ4n) is 3.55. The van der Waals surface area contributed by atoms with Crippen molar-refractivity contribution in [2.45, 2.75) is 25.6 Å². The summed E-state index contributed by atoms with van der Waals surface area (Å²) in [7, 11) is 0. The maximum absolute atomic E-state index is 13.5. The molecule has 0 radical (unpaired) electrons. The number of hydrogen-bond donors (Lipinski definition) is 3. The van der Waals surface area contributed by atoms with Gasteiger partial charge in [0.15, 0.2) is 11.8 Å². The molecule has 1 aliphatic rings. The Bertz CT molecular complexity index is 870. The highest BCUT2D eigenvalue weighted by Crippen LogP contribution is 2.30. The monoisotopic (exact) mass is 429 g/mol. The quantitative estimate of drug-likeness (QED) is 0.617. The molecule has 30 heavy (non-hydrogen) atoms. The fraction of sp³-hybridized carbons (Fsp3) is 0.450. The van der Waals surface area contributed by atoms with E-state index in [4.69, 9.17) is 0 Å². The van der Waals surface area contributed by atoms with Gasteiger partial charge in [-0.15, -0.1) is 0 Å². The molecule has 1 aromatic carbocycles. The number of alkyl halides is 3. The maximum atomic E-state index is 13.5. The first-order chi connectivity index (χ1) is 14.1. The van der Waals surface area contributed by atoms with Crippen molar-refractivity contribution >= 4 is 5.91 Å². The second-order valence-corrected chi connectivity index (χ2v) is 7.42. The zero-order chi connectivity index (χ0) is 21.9. The highest BCUT2D eigenvalue weighted by Gasteiger charge is 2.32. The number of nitrogens with zero attached hydrogens (tertiary/aromatic N) is 2. The van der Waals surface area contributed by atoms with E-state index in [-0.39, 0.29) is 23.2 Å². The van der Waals surface area contributed by atoms with E-state index in [0.29, 0.717) is 31.8 Å². The van der Waals surface area contributed by atoms with Crippen LogP contribution in [0.5, 0.6) is 11.8 Å². The molecule has 164 valence electrons. The maximum Gasteiger partial charge on any atom is 0.416 e. The Hall–Kier alpha value is -2.75. The summed E-state index contributed by atoms with van der Waals surface area (Å²) >= 11 is 0. The van der Waals surface area contributed by atoms with Crippen molar-refractivity contribution in [1.82, 2.24) is 14.8 Å². The van der Waals surface area contributed by atoms with Crippen LogP contribution in [0.4, 0.5) is 17.6 Å². The zero-order valence-corrected chi connectivity index (χ0v) is 16.1. The number of hydrogen-bond acceptors (Lipinski definition) is 4. The third kappa shape index (κ3) is 5.44. The van der Waals surface area contributed by atoms with E-state index in [0.717, 1.165) is 32.0 Å². The number of carbonyl (C=O) groups excluding carboxylic acids is 1. The van der Waals surface area contributed by atoms with E-state index < -0.39 is 23.5 Å². The second-order valence-electron chi connectivity index (χ2n) is 7.42. The van der Waals surface area contributed by atoms with Gasteiger partial charge in [-0.1, -0.05) is 0 Å². The van der Waals surface area contributed by atoms with Crippen molar-refractivity contribution in [3.05, 3.63) is 47.3 Å². The van der Waals surface area contributed by atoms with Crippen LogP contribution >= 0.6 is 0 Å². The molecule has 2 aromatic rings. The minimum Gasteiger partial charge on any atom is -0.494 e. The number of likely N-dealkylation sites (tertiary alicyclic amines) is 1. The van der Waals surface area contributed by atoms with Crippen LogP contribution in [0.15, 0.2) is 30.3 Å². The number of halogens is 4.